The van der Waals surface area contributed by atoms with Crippen molar-refractivity contribution in [3.05, 3.63) is 0 Å². The summed E-state index contributed by atoms with van der Waals surface area (Å²) in [5.74, 6) is -1.07. The molecule has 1 saturated heterocycles. The molecule has 7 nitrogen and oxygen atoms in total. The van der Waals surface area contributed by atoms with Gasteiger partial charge >= 0.3 is 18.0 Å². The van der Waals surface area contributed by atoms with Gasteiger partial charge in [0, 0.05) is 13.3 Å². The van der Waals surface area contributed by atoms with Crippen LogP contribution in [0.1, 0.15) is 52.9 Å². The van der Waals surface area contributed by atoms with Gasteiger partial charge in [0.25, 0.3) is 0 Å². The first-order chi connectivity index (χ1) is 10.5. The Morgan fingerprint density at radius 1 is 1.36 bits per heavy atom. The molecule has 0 radical (unpaired) electrons. The molecule has 1 N–H and O–H groups in total. The lowest BCUT2D eigenvalue weighted by atomic mass is 9.87. The maximum atomic E-state index is 12.2. The highest BCUT2D eigenvalue weighted by molar-refractivity contribution is 5.88. The minimum absolute atomic E-state index is 0.177. The Kier molecular flexibility index (Phi) is 7.14. The molecule has 22 heavy (non-hydrogen) atoms. The number of ether oxygens (including phenoxy) is 3. The van der Waals surface area contributed by atoms with Crippen LogP contribution in [0.4, 0.5) is 4.79 Å². The lowest BCUT2D eigenvalue weighted by Crippen LogP contribution is -2.61. The van der Waals surface area contributed by atoms with Crippen LogP contribution in [0, 0.1) is 0 Å². The zero-order valence-electron chi connectivity index (χ0n) is 13.5. The summed E-state index contributed by atoms with van der Waals surface area (Å²) in [7, 11) is 0. The lowest BCUT2D eigenvalue weighted by Gasteiger charge is -2.33. The molecule has 126 valence electrons. The number of carbonyl (C=O) groups is 3. The summed E-state index contributed by atoms with van der Waals surface area (Å²) in [6, 6.07) is 0. The average Bonchev–Trinajstić information content (AvgIpc) is 2.80. The molecule has 1 amide bonds. The van der Waals surface area contributed by atoms with Gasteiger partial charge in [-0.25, -0.2) is 9.59 Å². The fourth-order valence-corrected chi connectivity index (χ4v) is 2.56. The summed E-state index contributed by atoms with van der Waals surface area (Å²) < 4.78 is 15.2. The Morgan fingerprint density at radius 3 is 2.59 bits per heavy atom. The van der Waals surface area contributed by atoms with Crippen LogP contribution >= 0.6 is 0 Å². The van der Waals surface area contributed by atoms with Gasteiger partial charge < -0.3 is 19.5 Å². The third kappa shape index (κ3) is 4.61. The van der Waals surface area contributed by atoms with Crippen LogP contribution in [0.5, 0.6) is 0 Å². The molecule has 2 atom stereocenters. The number of nitrogens with one attached hydrogen (secondary N) is 1. The van der Waals surface area contributed by atoms with Gasteiger partial charge in [-0.05, 0) is 19.8 Å². The average molecular weight is 315 g/mol. The summed E-state index contributed by atoms with van der Waals surface area (Å²) in [6.45, 7) is 5.37. The van der Waals surface area contributed by atoms with Gasteiger partial charge in [-0.3, -0.25) is 4.79 Å². The maximum Gasteiger partial charge on any atom is 0.408 e. The van der Waals surface area contributed by atoms with Crippen molar-refractivity contribution >= 4 is 18.0 Å². The van der Waals surface area contributed by atoms with Gasteiger partial charge in [0.2, 0.25) is 0 Å². The number of cyclic esters (lactones) is 1. The summed E-state index contributed by atoms with van der Waals surface area (Å²) in [6.07, 6.45) is 2.00. The molecule has 0 aromatic rings. The summed E-state index contributed by atoms with van der Waals surface area (Å²) in [5.41, 5.74) is -1.36. The third-order valence-electron chi connectivity index (χ3n) is 3.62. The van der Waals surface area contributed by atoms with E-state index in [1.54, 1.807) is 6.92 Å². The van der Waals surface area contributed by atoms with Gasteiger partial charge in [0.15, 0.2) is 5.54 Å². The predicted octanol–water partition coefficient (Wildman–Crippen LogP) is 1.93. The van der Waals surface area contributed by atoms with Gasteiger partial charge in [0.05, 0.1) is 13.2 Å². The quantitative estimate of drug-likeness (QED) is 0.418. The van der Waals surface area contributed by atoms with E-state index in [9.17, 15) is 14.4 Å². The largest absolute Gasteiger partial charge is 0.464 e. The Labute approximate surface area is 130 Å². The van der Waals surface area contributed by atoms with E-state index in [4.69, 9.17) is 14.2 Å². The second-order valence-electron chi connectivity index (χ2n) is 5.30. The minimum Gasteiger partial charge on any atom is -0.464 e. The lowest BCUT2D eigenvalue weighted by molar-refractivity contribution is -0.158. The van der Waals surface area contributed by atoms with E-state index >= 15 is 0 Å². The topological polar surface area (TPSA) is 90.9 Å². The van der Waals surface area contributed by atoms with Crippen LogP contribution in [0.15, 0.2) is 0 Å². The molecule has 1 aliphatic rings. The zero-order chi connectivity index (χ0) is 16.6. The fraction of sp³-hybridized carbons (Fsp3) is 0.800. The fourth-order valence-electron chi connectivity index (χ4n) is 2.56. The van der Waals surface area contributed by atoms with Gasteiger partial charge in [-0.1, -0.05) is 19.8 Å². The number of carbonyl (C=O) groups excluding carboxylic acids is 3. The molecule has 0 bridgehead atoms. The first-order valence-electron chi connectivity index (χ1n) is 7.75. The second-order valence-corrected chi connectivity index (χ2v) is 5.30. The molecule has 7 heteroatoms. The Balaban J connectivity index is 2.94. The molecular weight excluding hydrogens is 290 g/mol. The standard InChI is InChI=1S/C15H25NO6/c1-4-6-7-8-12(22-11(3)17)15(9-10-21-13(15)18)16-14(19)20-5-2/h12H,4-10H2,1-3H3,(H,16,19)/t12-,15-/m0/s1. The number of esters is 2. The SMILES string of the molecule is CCCCC[C@H](OC(C)=O)[C@@]1(NC(=O)OCC)CCOC1=O. The molecule has 1 rings (SSSR count). The normalized spacial score (nSPS) is 21.9. The van der Waals surface area contributed by atoms with Crippen molar-refractivity contribution in [2.24, 2.45) is 0 Å². The van der Waals surface area contributed by atoms with Gasteiger partial charge in [-0.15, -0.1) is 0 Å². The molecule has 1 fully saturated rings. The highest BCUT2D eigenvalue weighted by Crippen LogP contribution is 2.30. The summed E-state index contributed by atoms with van der Waals surface area (Å²) in [5, 5.41) is 2.56. The number of hydrogen-bond acceptors (Lipinski definition) is 6. The monoisotopic (exact) mass is 315 g/mol. The first kappa shape index (κ1) is 18.3. The van der Waals surface area contributed by atoms with Crippen molar-refractivity contribution < 1.29 is 28.6 Å². The zero-order valence-corrected chi connectivity index (χ0v) is 13.5. The molecule has 0 aromatic heterocycles. The number of unbranched alkanes of at least 4 members (excludes halogenated alkanes) is 2. The van der Waals surface area contributed by atoms with Gasteiger partial charge in [0.1, 0.15) is 6.10 Å². The van der Waals surface area contributed by atoms with Crippen LogP contribution in [-0.2, 0) is 23.8 Å². The molecule has 1 heterocycles. The second kappa shape index (κ2) is 8.60. The molecule has 0 saturated carbocycles. The molecule has 0 aromatic carbocycles. The van der Waals surface area contributed by atoms with Crippen LogP contribution < -0.4 is 5.32 Å². The van der Waals surface area contributed by atoms with E-state index in [2.05, 4.69) is 12.2 Å². The molecule has 0 spiro atoms. The first-order valence-corrected chi connectivity index (χ1v) is 7.75. The minimum atomic E-state index is -1.36. The Hall–Kier alpha value is -1.79. The summed E-state index contributed by atoms with van der Waals surface area (Å²) >= 11 is 0. The molecule has 0 aliphatic carbocycles. The maximum absolute atomic E-state index is 12.2. The number of rotatable bonds is 8. The van der Waals surface area contributed by atoms with Crippen molar-refractivity contribution in [3.63, 3.8) is 0 Å². The number of alkyl carbamates (subject to hydrolysis) is 1. The molecular formula is C15H25NO6. The van der Waals surface area contributed by atoms with Crippen LogP contribution in [-0.4, -0.2) is 42.9 Å². The van der Waals surface area contributed by atoms with E-state index in [1.807, 2.05) is 0 Å². The van der Waals surface area contributed by atoms with Crippen LogP contribution in [0.25, 0.3) is 0 Å². The smallest absolute Gasteiger partial charge is 0.408 e. The summed E-state index contributed by atoms with van der Waals surface area (Å²) in [4.78, 5) is 35.4. The highest BCUT2D eigenvalue weighted by Gasteiger charge is 2.54. The van der Waals surface area contributed by atoms with E-state index in [-0.39, 0.29) is 19.6 Å². The van der Waals surface area contributed by atoms with E-state index in [0.717, 1.165) is 19.3 Å². The van der Waals surface area contributed by atoms with Crippen molar-refractivity contribution in [2.75, 3.05) is 13.2 Å². The number of amides is 1. The molecule has 0 unspecified atom stereocenters. The van der Waals surface area contributed by atoms with Crippen molar-refractivity contribution in [1.82, 2.24) is 5.32 Å². The van der Waals surface area contributed by atoms with Crippen molar-refractivity contribution in [2.45, 2.75) is 64.5 Å². The number of hydrogen-bond donors (Lipinski definition) is 1. The van der Waals surface area contributed by atoms with E-state index in [0.29, 0.717) is 6.42 Å². The highest BCUT2D eigenvalue weighted by atomic mass is 16.6. The van der Waals surface area contributed by atoms with E-state index < -0.39 is 29.7 Å². The van der Waals surface area contributed by atoms with E-state index in [1.165, 1.54) is 6.92 Å². The predicted molar refractivity (Wildman–Crippen MR) is 78.2 cm³/mol. The van der Waals surface area contributed by atoms with Crippen LogP contribution in [0.2, 0.25) is 0 Å². The van der Waals surface area contributed by atoms with Crippen LogP contribution in [0.3, 0.4) is 0 Å². The Morgan fingerprint density at radius 2 is 2.09 bits per heavy atom. The molecule has 1 aliphatic heterocycles. The van der Waals surface area contributed by atoms with Gasteiger partial charge in [-0.2, -0.15) is 0 Å². The Bertz CT molecular complexity index is 411. The van der Waals surface area contributed by atoms with Crippen molar-refractivity contribution in [1.29, 1.82) is 0 Å². The van der Waals surface area contributed by atoms with Crippen molar-refractivity contribution in [3.8, 4) is 0 Å². The third-order valence-corrected chi connectivity index (χ3v) is 3.62.